The van der Waals surface area contributed by atoms with Crippen molar-refractivity contribution in [1.29, 1.82) is 0 Å². The molecule has 0 unspecified atom stereocenters. The highest BCUT2D eigenvalue weighted by atomic mass is 35.5. The maximum Gasteiger partial charge on any atom is 0.239 e. The number of likely N-dealkylation sites (N-methyl/N-ethyl adjacent to an activating group) is 1. The van der Waals surface area contributed by atoms with Gasteiger partial charge in [-0.1, -0.05) is 18.2 Å². The summed E-state index contributed by atoms with van der Waals surface area (Å²) in [4.78, 5) is 36.1. The summed E-state index contributed by atoms with van der Waals surface area (Å²) in [5.41, 5.74) is 8.50. The Morgan fingerprint density at radius 2 is 1.96 bits per heavy atom. The number of hydrogen-bond donors (Lipinski definition) is 2. The van der Waals surface area contributed by atoms with Crippen LogP contribution in [0.3, 0.4) is 0 Å². The number of halogens is 2. The first-order valence-corrected chi connectivity index (χ1v) is 8.92. The van der Waals surface area contributed by atoms with Crippen molar-refractivity contribution in [3.8, 4) is 0 Å². The summed E-state index contributed by atoms with van der Waals surface area (Å²) in [6.07, 6.45) is 4.97. The lowest BCUT2D eigenvalue weighted by atomic mass is 9.73. The number of rotatable bonds is 3. The summed E-state index contributed by atoms with van der Waals surface area (Å²) in [5, 5.41) is 0. The van der Waals surface area contributed by atoms with E-state index in [9.17, 15) is 9.59 Å². The van der Waals surface area contributed by atoms with Crippen molar-refractivity contribution in [3.05, 3.63) is 48.0 Å². The molecule has 2 amide bonds. The molecule has 0 aliphatic carbocycles. The maximum atomic E-state index is 12.9. The van der Waals surface area contributed by atoms with Crippen LogP contribution in [-0.2, 0) is 21.4 Å². The predicted octanol–water partition coefficient (Wildman–Crippen LogP) is 1.66. The first-order chi connectivity index (χ1) is 12.5. The van der Waals surface area contributed by atoms with E-state index < -0.39 is 11.5 Å². The number of aromatic nitrogens is 2. The van der Waals surface area contributed by atoms with Gasteiger partial charge >= 0.3 is 0 Å². The zero-order valence-corrected chi connectivity index (χ0v) is 17.3. The highest BCUT2D eigenvalue weighted by Crippen LogP contribution is 2.47. The molecule has 2 aliphatic heterocycles. The molecule has 3 heterocycles. The van der Waals surface area contributed by atoms with Gasteiger partial charge in [-0.2, -0.15) is 0 Å². The van der Waals surface area contributed by atoms with Crippen LogP contribution in [0.15, 0.2) is 36.8 Å². The van der Waals surface area contributed by atoms with Crippen molar-refractivity contribution in [2.75, 3.05) is 25.0 Å². The molecule has 2 aliphatic rings. The molecule has 1 fully saturated rings. The smallest absolute Gasteiger partial charge is 0.239 e. The minimum absolute atomic E-state index is 0. The van der Waals surface area contributed by atoms with E-state index in [1.807, 2.05) is 31.3 Å². The van der Waals surface area contributed by atoms with Crippen LogP contribution in [0.1, 0.15) is 24.1 Å². The number of carbonyl (C=O) groups excluding carboxylic acids is 2. The number of H-pyrrole nitrogens is 1. The molecule has 3 N–H and O–H groups in total. The average Bonchev–Trinajstić information content (AvgIpc) is 3.25. The second-order valence-corrected chi connectivity index (χ2v) is 7.18. The van der Waals surface area contributed by atoms with Crippen LogP contribution < -0.4 is 10.6 Å². The SMILES string of the molecule is CN1C(=O)C2(CCN(C(=O)[C@@H](N)Cc3cnc[nH]3)CC2)c2ccccc21.Cl.Cl. The number of likely N-dealkylation sites (tertiary alicyclic amines) is 1. The number of nitrogens with two attached hydrogens (primary N) is 1. The zero-order valence-electron chi connectivity index (χ0n) is 15.6. The van der Waals surface area contributed by atoms with Crippen LogP contribution in [0.4, 0.5) is 5.69 Å². The summed E-state index contributed by atoms with van der Waals surface area (Å²) < 4.78 is 0. The van der Waals surface area contributed by atoms with E-state index >= 15 is 0 Å². The lowest BCUT2D eigenvalue weighted by Crippen LogP contribution is -2.53. The summed E-state index contributed by atoms with van der Waals surface area (Å²) in [7, 11) is 1.83. The Morgan fingerprint density at radius 1 is 1.29 bits per heavy atom. The molecule has 1 atom stereocenters. The van der Waals surface area contributed by atoms with E-state index in [0.717, 1.165) is 16.9 Å². The van der Waals surface area contributed by atoms with Gasteiger partial charge in [0.1, 0.15) is 0 Å². The van der Waals surface area contributed by atoms with E-state index in [2.05, 4.69) is 9.97 Å². The van der Waals surface area contributed by atoms with E-state index in [-0.39, 0.29) is 36.6 Å². The number of anilines is 1. The monoisotopic (exact) mass is 425 g/mol. The lowest BCUT2D eigenvalue weighted by Gasteiger charge is -2.39. The fraction of sp³-hybridized carbons (Fsp3) is 0.421. The Hall–Kier alpha value is -2.09. The number of piperidine rings is 1. The topological polar surface area (TPSA) is 95.3 Å². The number of nitrogens with zero attached hydrogens (tertiary/aromatic N) is 3. The van der Waals surface area contributed by atoms with Gasteiger partial charge in [0, 0.05) is 44.1 Å². The molecule has 1 aromatic carbocycles. The number of benzene rings is 1. The van der Waals surface area contributed by atoms with Crippen LogP contribution in [0, 0.1) is 0 Å². The molecule has 2 aromatic rings. The van der Waals surface area contributed by atoms with Crippen molar-refractivity contribution in [1.82, 2.24) is 14.9 Å². The molecular weight excluding hydrogens is 401 g/mol. The minimum Gasteiger partial charge on any atom is -0.348 e. The quantitative estimate of drug-likeness (QED) is 0.781. The maximum absolute atomic E-state index is 12.9. The van der Waals surface area contributed by atoms with Gasteiger partial charge in [0.25, 0.3) is 0 Å². The van der Waals surface area contributed by atoms with Gasteiger partial charge in [-0.3, -0.25) is 9.59 Å². The minimum atomic E-state index is -0.598. The molecule has 1 aromatic heterocycles. The molecule has 0 radical (unpaired) electrons. The zero-order chi connectivity index (χ0) is 18.3. The number of imidazole rings is 1. The highest BCUT2D eigenvalue weighted by molar-refractivity contribution is 6.08. The summed E-state index contributed by atoms with van der Waals surface area (Å²) >= 11 is 0. The van der Waals surface area contributed by atoms with Crippen molar-refractivity contribution in [3.63, 3.8) is 0 Å². The van der Waals surface area contributed by atoms with Gasteiger partial charge in [0.15, 0.2) is 0 Å². The predicted molar refractivity (Wildman–Crippen MR) is 112 cm³/mol. The first-order valence-electron chi connectivity index (χ1n) is 8.92. The van der Waals surface area contributed by atoms with Crippen LogP contribution in [0.2, 0.25) is 0 Å². The van der Waals surface area contributed by atoms with Crippen LogP contribution >= 0.6 is 24.8 Å². The second-order valence-electron chi connectivity index (χ2n) is 7.18. The number of fused-ring (bicyclic) bond motifs is 2. The number of hydrogen-bond acceptors (Lipinski definition) is 4. The van der Waals surface area contributed by atoms with Crippen LogP contribution in [0.5, 0.6) is 0 Å². The van der Waals surface area contributed by atoms with E-state index in [1.165, 1.54) is 0 Å². The highest BCUT2D eigenvalue weighted by Gasteiger charge is 2.51. The molecule has 7 nitrogen and oxygen atoms in total. The number of nitrogens with one attached hydrogen (secondary N) is 1. The van der Waals surface area contributed by atoms with E-state index in [4.69, 9.17) is 5.73 Å². The summed E-state index contributed by atoms with van der Waals surface area (Å²) in [6.45, 7) is 1.09. The largest absolute Gasteiger partial charge is 0.348 e. The van der Waals surface area contributed by atoms with Crippen LogP contribution in [0.25, 0.3) is 0 Å². The first kappa shape index (κ1) is 22.2. The molecule has 1 spiro atoms. The summed E-state index contributed by atoms with van der Waals surface area (Å²) in [6, 6.07) is 7.36. The third kappa shape index (κ3) is 3.50. The van der Waals surface area contributed by atoms with Gasteiger partial charge < -0.3 is 20.5 Å². The molecular formula is C19H25Cl2N5O2. The third-order valence-corrected chi connectivity index (χ3v) is 5.74. The van der Waals surface area contributed by atoms with Gasteiger partial charge in [-0.15, -0.1) is 24.8 Å². The number of carbonyl (C=O) groups is 2. The van der Waals surface area contributed by atoms with Crippen molar-refractivity contribution >= 4 is 42.3 Å². The molecule has 0 bridgehead atoms. The average molecular weight is 426 g/mol. The normalized spacial score (nSPS) is 18.3. The molecule has 4 rings (SSSR count). The van der Waals surface area contributed by atoms with Crippen molar-refractivity contribution in [2.45, 2.75) is 30.7 Å². The molecule has 28 heavy (non-hydrogen) atoms. The van der Waals surface area contributed by atoms with E-state index in [1.54, 1.807) is 22.3 Å². The fourth-order valence-electron chi connectivity index (χ4n) is 4.26. The van der Waals surface area contributed by atoms with Gasteiger partial charge in [0.05, 0.1) is 17.8 Å². The van der Waals surface area contributed by atoms with Gasteiger partial charge in [0.2, 0.25) is 11.8 Å². The third-order valence-electron chi connectivity index (χ3n) is 5.74. The molecule has 152 valence electrons. The molecule has 0 saturated carbocycles. The fourth-order valence-corrected chi connectivity index (χ4v) is 4.26. The van der Waals surface area contributed by atoms with Gasteiger partial charge in [-0.25, -0.2) is 4.98 Å². The molecule has 1 saturated heterocycles. The Labute approximate surface area is 176 Å². The number of para-hydroxylation sites is 1. The van der Waals surface area contributed by atoms with Crippen LogP contribution in [-0.4, -0.2) is 52.9 Å². The van der Waals surface area contributed by atoms with Gasteiger partial charge in [-0.05, 0) is 24.5 Å². The molecule has 9 heteroatoms. The number of amides is 2. The number of aromatic amines is 1. The second kappa shape index (κ2) is 8.51. The lowest BCUT2D eigenvalue weighted by molar-refractivity contribution is -0.136. The summed E-state index contributed by atoms with van der Waals surface area (Å²) in [5.74, 6) is 0.0640. The Bertz CT molecular complexity index is 835. The van der Waals surface area contributed by atoms with Crippen molar-refractivity contribution in [2.24, 2.45) is 5.73 Å². The Morgan fingerprint density at radius 3 is 2.61 bits per heavy atom. The van der Waals surface area contributed by atoms with E-state index in [0.29, 0.717) is 32.4 Å². The standard InChI is InChI=1S/C19H23N5O2.2ClH/c1-23-16-5-3-2-4-14(16)19(18(23)26)6-8-24(9-7-19)17(25)15(20)10-13-11-21-12-22-13;;/h2-5,11-12,15H,6-10,20H2,1H3,(H,21,22);2*1H/t15-;;/m0../s1. The Balaban J connectivity index is 0.00000140. The Kier molecular flexibility index (Phi) is 6.75. The van der Waals surface area contributed by atoms with Crippen molar-refractivity contribution < 1.29 is 9.59 Å².